The molecule has 0 radical (unpaired) electrons. The van der Waals surface area contributed by atoms with E-state index >= 15 is 0 Å². The zero-order chi connectivity index (χ0) is 12.5. The van der Waals surface area contributed by atoms with Gasteiger partial charge in [0.2, 0.25) is 0 Å². The van der Waals surface area contributed by atoms with Gasteiger partial charge in [0.15, 0.2) is 0 Å². The number of rotatable bonds is 2. The van der Waals surface area contributed by atoms with Gasteiger partial charge in [-0.1, -0.05) is 58.0 Å². The first-order valence-electron chi connectivity index (χ1n) is 4.00. The zero-order valence-electron chi connectivity index (χ0n) is 7.91. The van der Waals surface area contributed by atoms with Crippen molar-refractivity contribution in [3.63, 3.8) is 0 Å². The number of hydrogen-bond donors (Lipinski definition) is 0. The predicted molar refractivity (Wildman–Crippen MR) is 67.0 cm³/mol. The molecule has 1 rings (SSSR count). The molecule has 0 fully saturated rings. The predicted octanol–water partition coefficient (Wildman–Crippen LogP) is 5.02. The molecular weight excluding hydrogens is 317 g/mol. The van der Waals surface area contributed by atoms with Crippen LogP contribution in [0.5, 0.6) is 0 Å². The van der Waals surface area contributed by atoms with Crippen LogP contribution in [0.4, 0.5) is 0 Å². The van der Waals surface area contributed by atoms with Gasteiger partial charge in [-0.2, -0.15) is 0 Å². The Morgan fingerprint density at radius 2 is 1.31 bits per heavy atom. The topological polar surface area (TPSA) is 26.3 Å². The average Bonchev–Trinajstić information content (AvgIpc) is 2.23. The highest BCUT2D eigenvalue weighted by atomic mass is 35.5. The van der Waals surface area contributed by atoms with E-state index in [2.05, 4.69) is 0 Å². The first-order chi connectivity index (χ1) is 7.36. The number of hydrogen-bond acceptors (Lipinski definition) is 2. The second-order valence-electron chi connectivity index (χ2n) is 2.83. The first-order valence-corrected chi connectivity index (χ1v) is 5.89. The monoisotopic (exact) mass is 320 g/mol. The largest absolute Gasteiger partial charge is 0.461 e. The summed E-state index contributed by atoms with van der Waals surface area (Å²) in [4.78, 5) is 10.7. The van der Waals surface area contributed by atoms with E-state index in [4.69, 9.17) is 62.7 Å². The minimum Gasteiger partial charge on any atom is -0.461 e. The molecule has 0 unspecified atom stereocenters. The van der Waals surface area contributed by atoms with Crippen LogP contribution in [-0.4, -0.2) is 5.97 Å². The molecule has 0 N–H and O–H groups in total. The summed E-state index contributed by atoms with van der Waals surface area (Å²) in [6.45, 7) is 1.16. The van der Waals surface area contributed by atoms with Crippen molar-refractivity contribution >= 4 is 64.0 Å². The smallest absolute Gasteiger partial charge is 0.302 e. The Labute approximate surface area is 117 Å². The Morgan fingerprint density at radius 3 is 1.69 bits per heavy atom. The fourth-order valence-corrected chi connectivity index (χ4v) is 2.24. The maximum atomic E-state index is 10.7. The third kappa shape index (κ3) is 2.88. The number of carbonyl (C=O) groups excluding carboxylic acids is 1. The van der Waals surface area contributed by atoms with E-state index in [0.717, 1.165) is 0 Å². The highest BCUT2D eigenvalue weighted by molar-refractivity contribution is 6.55. The van der Waals surface area contributed by atoms with Gasteiger partial charge in [0.05, 0.1) is 25.1 Å². The van der Waals surface area contributed by atoms with Crippen molar-refractivity contribution < 1.29 is 9.53 Å². The molecule has 0 saturated carbocycles. The second-order valence-corrected chi connectivity index (χ2v) is 4.72. The van der Waals surface area contributed by atoms with Gasteiger partial charge in [-0.3, -0.25) is 4.79 Å². The van der Waals surface area contributed by atoms with Crippen molar-refractivity contribution in [3.05, 3.63) is 30.7 Å². The molecule has 0 aliphatic rings. The minimum absolute atomic E-state index is 0.0740. The van der Waals surface area contributed by atoms with Crippen molar-refractivity contribution in [2.24, 2.45) is 0 Å². The Bertz CT molecular complexity index is 415. The molecule has 0 heterocycles. The fraction of sp³-hybridized carbons (Fsp3) is 0.222. The molecule has 0 spiro atoms. The summed E-state index contributed by atoms with van der Waals surface area (Å²) in [7, 11) is 0. The van der Waals surface area contributed by atoms with Crippen LogP contribution in [-0.2, 0) is 16.1 Å². The van der Waals surface area contributed by atoms with E-state index in [0.29, 0.717) is 5.56 Å². The van der Waals surface area contributed by atoms with Gasteiger partial charge >= 0.3 is 5.97 Å². The van der Waals surface area contributed by atoms with Crippen LogP contribution in [0.2, 0.25) is 25.1 Å². The molecular formula is C9H5Cl5O2. The Kier molecular flexibility index (Phi) is 5.02. The number of halogens is 5. The van der Waals surface area contributed by atoms with Crippen LogP contribution in [0.1, 0.15) is 12.5 Å². The number of ether oxygens (including phenoxy) is 1. The van der Waals surface area contributed by atoms with Gasteiger partial charge < -0.3 is 4.74 Å². The molecule has 0 aliphatic heterocycles. The number of carbonyl (C=O) groups is 1. The normalized spacial score (nSPS) is 10.4. The summed E-state index contributed by atoms with van der Waals surface area (Å²) in [6, 6.07) is 0. The highest BCUT2D eigenvalue weighted by Gasteiger charge is 2.19. The van der Waals surface area contributed by atoms with E-state index in [1.54, 1.807) is 0 Å². The maximum Gasteiger partial charge on any atom is 0.302 e. The van der Waals surface area contributed by atoms with Gasteiger partial charge in [0, 0.05) is 12.5 Å². The summed E-state index contributed by atoms with van der Waals surface area (Å²) in [5, 5.41) is 0.495. The fourth-order valence-electron chi connectivity index (χ4n) is 0.951. The van der Waals surface area contributed by atoms with Crippen LogP contribution in [0.15, 0.2) is 0 Å². The van der Waals surface area contributed by atoms with Crippen molar-refractivity contribution in [1.29, 1.82) is 0 Å². The zero-order valence-corrected chi connectivity index (χ0v) is 11.7. The van der Waals surface area contributed by atoms with Crippen LogP contribution in [0, 0.1) is 0 Å². The Balaban J connectivity index is 3.23. The number of benzene rings is 1. The third-order valence-electron chi connectivity index (χ3n) is 1.72. The van der Waals surface area contributed by atoms with Crippen molar-refractivity contribution in [3.8, 4) is 0 Å². The third-order valence-corrected chi connectivity index (χ3v) is 4.08. The van der Waals surface area contributed by atoms with Crippen molar-refractivity contribution in [2.45, 2.75) is 13.5 Å². The SMILES string of the molecule is CC(=O)OCc1c(Cl)c(Cl)c(Cl)c(Cl)c1Cl. The van der Waals surface area contributed by atoms with E-state index in [1.165, 1.54) is 6.92 Å². The summed E-state index contributed by atoms with van der Waals surface area (Å²) < 4.78 is 4.77. The molecule has 0 bridgehead atoms. The summed E-state index contributed by atoms with van der Waals surface area (Å²) in [5.41, 5.74) is 0.331. The van der Waals surface area contributed by atoms with E-state index in [9.17, 15) is 4.79 Å². The lowest BCUT2D eigenvalue weighted by atomic mass is 10.2. The second kappa shape index (κ2) is 5.65. The van der Waals surface area contributed by atoms with Crippen LogP contribution in [0.3, 0.4) is 0 Å². The highest BCUT2D eigenvalue weighted by Crippen LogP contribution is 2.44. The molecule has 1 aromatic rings. The molecule has 0 amide bonds. The molecule has 0 saturated heterocycles. The minimum atomic E-state index is -0.464. The molecule has 16 heavy (non-hydrogen) atoms. The Hall–Kier alpha value is 0.140. The van der Waals surface area contributed by atoms with E-state index in [1.807, 2.05) is 0 Å². The van der Waals surface area contributed by atoms with Gasteiger partial charge in [0.25, 0.3) is 0 Å². The summed E-state index contributed by atoms with van der Waals surface area (Å²) >= 11 is 29.3. The van der Waals surface area contributed by atoms with E-state index < -0.39 is 5.97 Å². The molecule has 0 atom stereocenters. The van der Waals surface area contributed by atoms with Gasteiger partial charge in [-0.05, 0) is 0 Å². The average molecular weight is 322 g/mol. The standard InChI is InChI=1S/C9H5Cl5O2/c1-3(15)16-2-4-5(10)7(12)9(14)8(13)6(4)11/h2H2,1H3. The lowest BCUT2D eigenvalue weighted by Gasteiger charge is -2.11. The van der Waals surface area contributed by atoms with Gasteiger partial charge in [-0.25, -0.2) is 0 Å². The van der Waals surface area contributed by atoms with E-state index in [-0.39, 0.29) is 31.7 Å². The molecule has 7 heteroatoms. The number of esters is 1. The van der Waals surface area contributed by atoms with Gasteiger partial charge in [0.1, 0.15) is 6.61 Å². The van der Waals surface area contributed by atoms with Gasteiger partial charge in [-0.15, -0.1) is 0 Å². The molecule has 0 aromatic heterocycles. The molecule has 2 nitrogen and oxygen atoms in total. The van der Waals surface area contributed by atoms with Crippen LogP contribution in [0.25, 0.3) is 0 Å². The van der Waals surface area contributed by atoms with Crippen LogP contribution < -0.4 is 0 Å². The Morgan fingerprint density at radius 1 is 0.938 bits per heavy atom. The molecule has 1 aromatic carbocycles. The molecule has 88 valence electrons. The quantitative estimate of drug-likeness (QED) is 0.434. The molecule has 0 aliphatic carbocycles. The summed E-state index contributed by atoms with van der Waals surface area (Å²) in [6.07, 6.45) is 0. The van der Waals surface area contributed by atoms with Crippen molar-refractivity contribution in [2.75, 3.05) is 0 Å². The lowest BCUT2D eigenvalue weighted by Crippen LogP contribution is -2.01. The van der Waals surface area contributed by atoms with Crippen LogP contribution >= 0.6 is 58.0 Å². The summed E-state index contributed by atoms with van der Waals surface area (Å²) in [5.74, 6) is -0.464. The van der Waals surface area contributed by atoms with Crippen molar-refractivity contribution in [1.82, 2.24) is 0 Å². The maximum absolute atomic E-state index is 10.7. The lowest BCUT2D eigenvalue weighted by molar-refractivity contribution is -0.142. The first kappa shape index (κ1) is 14.2.